The van der Waals surface area contributed by atoms with E-state index in [1.54, 1.807) is 11.1 Å². The second-order valence-corrected chi connectivity index (χ2v) is 5.16. The molecule has 1 N–H and O–H groups in total. The first kappa shape index (κ1) is 11.7. The Kier molecular flexibility index (Phi) is 3.65. The van der Waals surface area contributed by atoms with Crippen molar-refractivity contribution in [2.75, 3.05) is 6.54 Å². The van der Waals surface area contributed by atoms with Crippen LogP contribution in [-0.4, -0.2) is 6.54 Å². The van der Waals surface area contributed by atoms with Gasteiger partial charge in [0.05, 0.1) is 0 Å². The summed E-state index contributed by atoms with van der Waals surface area (Å²) in [6.45, 7) is 7.95. The number of nitrogens with one attached hydrogen (secondary N) is 1. The molecule has 0 bridgehead atoms. The van der Waals surface area contributed by atoms with Crippen LogP contribution in [0.3, 0.4) is 0 Å². The molecule has 1 aromatic carbocycles. The maximum absolute atomic E-state index is 3.64. The van der Waals surface area contributed by atoms with Gasteiger partial charge in [0.1, 0.15) is 0 Å². The number of hydrogen-bond donors (Lipinski definition) is 1. The van der Waals surface area contributed by atoms with Gasteiger partial charge in [0.2, 0.25) is 0 Å². The third-order valence-corrected chi connectivity index (χ3v) is 3.57. The van der Waals surface area contributed by atoms with Gasteiger partial charge in [0, 0.05) is 6.04 Å². The summed E-state index contributed by atoms with van der Waals surface area (Å²) in [5.74, 6) is 0.634. The summed E-state index contributed by atoms with van der Waals surface area (Å²) in [4.78, 5) is 0. The van der Waals surface area contributed by atoms with Crippen molar-refractivity contribution in [1.29, 1.82) is 0 Å². The zero-order valence-corrected chi connectivity index (χ0v) is 10.7. The molecule has 1 aliphatic heterocycles. The number of hydrogen-bond acceptors (Lipinski definition) is 1. The predicted molar refractivity (Wildman–Crippen MR) is 69.9 cm³/mol. The minimum absolute atomic E-state index is 0.590. The van der Waals surface area contributed by atoms with Crippen LogP contribution in [0.5, 0.6) is 0 Å². The molecule has 0 fully saturated rings. The van der Waals surface area contributed by atoms with Gasteiger partial charge in [-0.3, -0.25) is 0 Å². The van der Waals surface area contributed by atoms with E-state index in [2.05, 4.69) is 44.3 Å². The van der Waals surface area contributed by atoms with Crippen molar-refractivity contribution in [2.45, 2.75) is 52.0 Å². The topological polar surface area (TPSA) is 12.0 Å². The van der Waals surface area contributed by atoms with Crippen LogP contribution < -0.4 is 5.32 Å². The highest BCUT2D eigenvalue weighted by atomic mass is 14.9. The van der Waals surface area contributed by atoms with Gasteiger partial charge in [-0.15, -0.1) is 0 Å². The first-order valence-electron chi connectivity index (χ1n) is 6.58. The van der Waals surface area contributed by atoms with Crippen molar-refractivity contribution in [3.63, 3.8) is 0 Å². The van der Waals surface area contributed by atoms with E-state index >= 15 is 0 Å². The Labute approximate surface area is 99.3 Å². The third-order valence-electron chi connectivity index (χ3n) is 3.57. The first-order valence-corrected chi connectivity index (χ1v) is 6.58. The van der Waals surface area contributed by atoms with Gasteiger partial charge in [-0.25, -0.2) is 0 Å². The number of rotatable bonds is 3. The van der Waals surface area contributed by atoms with Gasteiger partial charge in [0.25, 0.3) is 0 Å². The Morgan fingerprint density at radius 1 is 1.38 bits per heavy atom. The molecule has 0 amide bonds. The van der Waals surface area contributed by atoms with Gasteiger partial charge in [-0.2, -0.15) is 0 Å². The average Bonchev–Trinajstić information content (AvgIpc) is 2.29. The monoisotopic (exact) mass is 217 g/mol. The molecule has 1 nitrogen and oxygen atoms in total. The minimum Gasteiger partial charge on any atom is -0.310 e. The van der Waals surface area contributed by atoms with Crippen LogP contribution in [0.25, 0.3) is 0 Å². The highest BCUT2D eigenvalue weighted by Crippen LogP contribution is 2.29. The van der Waals surface area contributed by atoms with Crippen LogP contribution in [0, 0.1) is 0 Å². The molecule has 1 unspecified atom stereocenters. The van der Waals surface area contributed by atoms with Crippen molar-refractivity contribution in [1.82, 2.24) is 5.32 Å². The van der Waals surface area contributed by atoms with Crippen molar-refractivity contribution in [3.8, 4) is 0 Å². The summed E-state index contributed by atoms with van der Waals surface area (Å²) in [5.41, 5.74) is 4.59. The lowest BCUT2D eigenvalue weighted by molar-refractivity contribution is 0.470. The molecule has 16 heavy (non-hydrogen) atoms. The molecule has 0 saturated heterocycles. The summed E-state index contributed by atoms with van der Waals surface area (Å²) in [5, 5.41) is 3.64. The minimum atomic E-state index is 0.590. The molecule has 1 atom stereocenters. The summed E-state index contributed by atoms with van der Waals surface area (Å²) >= 11 is 0. The first-order chi connectivity index (χ1) is 7.72. The molecule has 0 spiro atoms. The number of benzene rings is 1. The van der Waals surface area contributed by atoms with E-state index in [-0.39, 0.29) is 0 Å². The van der Waals surface area contributed by atoms with Crippen LogP contribution in [0.2, 0.25) is 0 Å². The third kappa shape index (κ3) is 2.30. The standard InChI is InChI=1S/C15H23N/c1-4-5-15-14-10-13(11(2)3)7-6-12(14)8-9-16-15/h6-7,10-11,15-16H,4-5,8-9H2,1-3H3. The largest absolute Gasteiger partial charge is 0.310 e. The lowest BCUT2D eigenvalue weighted by Gasteiger charge is -2.27. The Balaban J connectivity index is 2.32. The molecule has 1 aliphatic rings. The molecule has 0 aliphatic carbocycles. The quantitative estimate of drug-likeness (QED) is 0.812. The molecule has 0 aromatic heterocycles. The van der Waals surface area contributed by atoms with Crippen LogP contribution in [0.4, 0.5) is 0 Å². The lowest BCUT2D eigenvalue weighted by Crippen LogP contribution is -2.29. The van der Waals surface area contributed by atoms with E-state index in [1.807, 2.05) is 0 Å². The molecule has 0 radical (unpaired) electrons. The van der Waals surface area contributed by atoms with Gasteiger partial charge in [0.15, 0.2) is 0 Å². The molecular formula is C15H23N. The Morgan fingerprint density at radius 3 is 2.88 bits per heavy atom. The fraction of sp³-hybridized carbons (Fsp3) is 0.600. The zero-order chi connectivity index (χ0) is 11.5. The average molecular weight is 217 g/mol. The van der Waals surface area contributed by atoms with Crippen molar-refractivity contribution in [3.05, 3.63) is 34.9 Å². The van der Waals surface area contributed by atoms with Crippen molar-refractivity contribution < 1.29 is 0 Å². The van der Waals surface area contributed by atoms with E-state index < -0.39 is 0 Å². The second kappa shape index (κ2) is 5.01. The molecule has 1 aromatic rings. The van der Waals surface area contributed by atoms with Gasteiger partial charge >= 0.3 is 0 Å². The van der Waals surface area contributed by atoms with Crippen LogP contribution >= 0.6 is 0 Å². The maximum atomic E-state index is 3.64. The van der Waals surface area contributed by atoms with Crippen molar-refractivity contribution >= 4 is 0 Å². The van der Waals surface area contributed by atoms with E-state index in [4.69, 9.17) is 0 Å². The second-order valence-electron chi connectivity index (χ2n) is 5.16. The van der Waals surface area contributed by atoms with Crippen LogP contribution in [-0.2, 0) is 6.42 Å². The normalized spacial score (nSPS) is 19.9. The van der Waals surface area contributed by atoms with Gasteiger partial charge < -0.3 is 5.32 Å². The highest BCUT2D eigenvalue weighted by molar-refractivity contribution is 5.37. The van der Waals surface area contributed by atoms with Crippen LogP contribution in [0.1, 0.15) is 62.3 Å². The van der Waals surface area contributed by atoms with E-state index in [1.165, 1.54) is 24.8 Å². The lowest BCUT2D eigenvalue weighted by atomic mass is 9.88. The van der Waals surface area contributed by atoms with Crippen LogP contribution in [0.15, 0.2) is 18.2 Å². The molecule has 0 saturated carbocycles. The summed E-state index contributed by atoms with van der Waals surface area (Å²) in [6, 6.07) is 7.66. The highest BCUT2D eigenvalue weighted by Gasteiger charge is 2.19. The van der Waals surface area contributed by atoms with E-state index in [9.17, 15) is 0 Å². The molecule has 1 heterocycles. The predicted octanol–water partition coefficient (Wildman–Crippen LogP) is 3.80. The summed E-state index contributed by atoms with van der Waals surface area (Å²) < 4.78 is 0. The maximum Gasteiger partial charge on any atom is 0.0323 e. The molecular weight excluding hydrogens is 194 g/mol. The Bertz CT molecular complexity index is 354. The SMILES string of the molecule is CCCC1NCCc2ccc(C(C)C)cc21. The number of fused-ring (bicyclic) bond motifs is 1. The Morgan fingerprint density at radius 2 is 2.19 bits per heavy atom. The van der Waals surface area contributed by atoms with Gasteiger partial charge in [-0.1, -0.05) is 45.4 Å². The molecule has 1 heteroatoms. The summed E-state index contributed by atoms with van der Waals surface area (Å²) in [6.07, 6.45) is 3.70. The van der Waals surface area contributed by atoms with Crippen molar-refractivity contribution in [2.24, 2.45) is 0 Å². The van der Waals surface area contributed by atoms with Gasteiger partial charge in [-0.05, 0) is 42.0 Å². The fourth-order valence-corrected chi connectivity index (χ4v) is 2.56. The Hall–Kier alpha value is -0.820. The van der Waals surface area contributed by atoms with E-state index in [0.717, 1.165) is 6.54 Å². The molecule has 88 valence electrons. The smallest absolute Gasteiger partial charge is 0.0323 e. The molecule has 2 rings (SSSR count). The van der Waals surface area contributed by atoms with E-state index in [0.29, 0.717) is 12.0 Å². The summed E-state index contributed by atoms with van der Waals surface area (Å²) in [7, 11) is 0. The zero-order valence-electron chi connectivity index (χ0n) is 10.7. The fourth-order valence-electron chi connectivity index (χ4n) is 2.56.